The summed E-state index contributed by atoms with van der Waals surface area (Å²) in [6, 6.07) is 11.8. The lowest BCUT2D eigenvalue weighted by atomic mass is 10.1. The van der Waals surface area contributed by atoms with Crippen LogP contribution in [0.4, 0.5) is 0 Å². The zero-order valence-electron chi connectivity index (χ0n) is 16.2. The number of hydrogen-bond acceptors (Lipinski definition) is 7. The monoisotopic (exact) mass is 405 g/mol. The van der Waals surface area contributed by atoms with E-state index in [9.17, 15) is 15.0 Å². The lowest BCUT2D eigenvalue weighted by Crippen LogP contribution is -2.37. The van der Waals surface area contributed by atoms with Crippen LogP contribution >= 0.6 is 0 Å². The molecule has 29 heavy (non-hydrogen) atoms. The number of benzene rings is 2. The van der Waals surface area contributed by atoms with Gasteiger partial charge in [0.05, 0.1) is 6.61 Å². The first-order valence-electron chi connectivity index (χ1n) is 9.28. The van der Waals surface area contributed by atoms with Crippen LogP contribution in [-0.2, 0) is 17.8 Å². The van der Waals surface area contributed by atoms with Crippen molar-refractivity contribution in [3.05, 3.63) is 53.6 Å². The highest BCUT2D eigenvalue weighted by Gasteiger charge is 2.10. The van der Waals surface area contributed by atoms with E-state index in [1.165, 1.54) is 12.1 Å². The van der Waals surface area contributed by atoms with Gasteiger partial charge in [-0.15, -0.1) is 0 Å². The van der Waals surface area contributed by atoms with Gasteiger partial charge in [0.2, 0.25) is 0 Å². The molecule has 0 bridgehead atoms. The fourth-order valence-electron chi connectivity index (χ4n) is 2.66. The molecule has 2 aromatic carbocycles. The molecule has 0 saturated heterocycles. The number of ether oxygens (including phenoxy) is 2. The standard InChI is InChI=1S/C21H27NO7/c1-14(8-15-2-4-18(5-3-15)29-13-21(26)27)22-10-17(24)12-28-19-6-7-20(25)16(9-19)11-23/h2-7,9,14,17,22-25H,8,10-13H2,1H3,(H,26,27). The van der Waals surface area contributed by atoms with Crippen LogP contribution in [-0.4, -0.2) is 58.3 Å². The topological polar surface area (TPSA) is 128 Å². The summed E-state index contributed by atoms with van der Waals surface area (Å²) in [5.41, 5.74) is 1.42. The number of rotatable bonds is 12. The molecule has 5 N–H and O–H groups in total. The minimum Gasteiger partial charge on any atom is -0.508 e. The van der Waals surface area contributed by atoms with E-state index in [0.29, 0.717) is 23.6 Å². The van der Waals surface area contributed by atoms with Crippen molar-refractivity contribution in [2.45, 2.75) is 32.1 Å². The Morgan fingerprint density at radius 2 is 1.79 bits per heavy atom. The molecule has 8 heteroatoms. The van der Waals surface area contributed by atoms with Gasteiger partial charge in [0, 0.05) is 18.2 Å². The second kappa shape index (κ2) is 11.3. The van der Waals surface area contributed by atoms with E-state index in [1.54, 1.807) is 18.2 Å². The van der Waals surface area contributed by atoms with E-state index in [0.717, 1.165) is 12.0 Å². The number of phenols is 1. The molecule has 2 atom stereocenters. The van der Waals surface area contributed by atoms with Gasteiger partial charge in [-0.25, -0.2) is 4.79 Å². The zero-order valence-corrected chi connectivity index (χ0v) is 16.2. The van der Waals surface area contributed by atoms with E-state index in [2.05, 4.69) is 5.32 Å². The van der Waals surface area contributed by atoms with Gasteiger partial charge in [0.1, 0.15) is 30.0 Å². The van der Waals surface area contributed by atoms with E-state index in [4.69, 9.17) is 19.7 Å². The summed E-state index contributed by atoms with van der Waals surface area (Å²) in [5, 5.41) is 40.6. The molecule has 8 nitrogen and oxygen atoms in total. The van der Waals surface area contributed by atoms with E-state index in [1.807, 2.05) is 19.1 Å². The molecule has 158 valence electrons. The maximum absolute atomic E-state index is 10.5. The highest BCUT2D eigenvalue weighted by molar-refractivity contribution is 5.68. The predicted octanol–water partition coefficient (Wildman–Crippen LogP) is 1.31. The number of aromatic hydroxyl groups is 1. The molecular weight excluding hydrogens is 378 g/mol. The molecule has 0 saturated carbocycles. The first-order chi connectivity index (χ1) is 13.9. The zero-order chi connectivity index (χ0) is 21.2. The molecule has 2 aromatic rings. The second-order valence-electron chi connectivity index (χ2n) is 6.75. The van der Waals surface area contributed by atoms with E-state index in [-0.39, 0.29) is 31.6 Å². The summed E-state index contributed by atoms with van der Waals surface area (Å²) in [6.45, 7) is 1.74. The molecule has 0 aliphatic carbocycles. The van der Waals surface area contributed by atoms with Gasteiger partial charge in [0.15, 0.2) is 6.61 Å². The quantitative estimate of drug-likeness (QED) is 0.358. The fraction of sp³-hybridized carbons (Fsp3) is 0.381. The van der Waals surface area contributed by atoms with Crippen molar-refractivity contribution in [1.29, 1.82) is 0 Å². The minimum absolute atomic E-state index is 0.00243. The van der Waals surface area contributed by atoms with Crippen LogP contribution in [0.3, 0.4) is 0 Å². The highest BCUT2D eigenvalue weighted by Crippen LogP contribution is 2.23. The first kappa shape index (κ1) is 22.5. The predicted molar refractivity (Wildman–Crippen MR) is 106 cm³/mol. The lowest BCUT2D eigenvalue weighted by molar-refractivity contribution is -0.139. The van der Waals surface area contributed by atoms with Crippen LogP contribution in [0.2, 0.25) is 0 Å². The van der Waals surface area contributed by atoms with Gasteiger partial charge in [-0.3, -0.25) is 0 Å². The van der Waals surface area contributed by atoms with Crippen LogP contribution in [0.1, 0.15) is 18.1 Å². The lowest BCUT2D eigenvalue weighted by Gasteiger charge is -2.18. The molecule has 0 aliphatic rings. The summed E-state index contributed by atoms with van der Waals surface area (Å²) < 4.78 is 10.6. The Kier molecular flexibility index (Phi) is 8.72. The number of aliphatic hydroxyl groups excluding tert-OH is 2. The van der Waals surface area contributed by atoms with Crippen LogP contribution in [0.15, 0.2) is 42.5 Å². The Labute approximate surface area is 169 Å². The third kappa shape index (κ3) is 7.98. The average molecular weight is 405 g/mol. The molecule has 0 spiro atoms. The van der Waals surface area contributed by atoms with Crippen molar-refractivity contribution in [3.8, 4) is 17.2 Å². The average Bonchev–Trinajstić information content (AvgIpc) is 2.71. The Hall–Kier alpha value is -2.81. The SMILES string of the molecule is CC(Cc1ccc(OCC(=O)O)cc1)NCC(O)COc1ccc(O)c(CO)c1. The van der Waals surface area contributed by atoms with Crippen LogP contribution in [0.5, 0.6) is 17.2 Å². The molecule has 0 fully saturated rings. The molecule has 0 radical (unpaired) electrons. The molecule has 2 rings (SSSR count). The summed E-state index contributed by atoms with van der Waals surface area (Å²) in [4.78, 5) is 10.5. The third-order valence-corrected chi connectivity index (χ3v) is 4.19. The Balaban J connectivity index is 1.71. The van der Waals surface area contributed by atoms with Crippen molar-refractivity contribution in [3.63, 3.8) is 0 Å². The number of hydrogen-bond donors (Lipinski definition) is 5. The second-order valence-corrected chi connectivity index (χ2v) is 6.75. The number of carbonyl (C=O) groups is 1. The number of aliphatic hydroxyl groups is 2. The third-order valence-electron chi connectivity index (χ3n) is 4.19. The number of carboxylic acids is 1. The molecule has 0 aliphatic heterocycles. The number of aliphatic carboxylic acids is 1. The summed E-state index contributed by atoms with van der Waals surface area (Å²) in [7, 11) is 0. The van der Waals surface area contributed by atoms with Crippen molar-refractivity contribution < 1.29 is 34.7 Å². The first-order valence-corrected chi connectivity index (χ1v) is 9.28. The molecule has 0 heterocycles. The molecule has 0 amide bonds. The summed E-state index contributed by atoms with van der Waals surface area (Å²) in [6.07, 6.45) is 0.000522. The normalized spacial score (nSPS) is 12.9. The Bertz CT molecular complexity index is 779. The Morgan fingerprint density at radius 1 is 1.10 bits per heavy atom. The smallest absolute Gasteiger partial charge is 0.341 e. The minimum atomic E-state index is -1.02. The van der Waals surface area contributed by atoms with Crippen molar-refractivity contribution in [1.82, 2.24) is 5.32 Å². The van der Waals surface area contributed by atoms with Crippen LogP contribution < -0.4 is 14.8 Å². The Morgan fingerprint density at radius 3 is 2.45 bits per heavy atom. The molecule has 0 aromatic heterocycles. The number of nitrogens with one attached hydrogen (secondary N) is 1. The maximum atomic E-state index is 10.5. The van der Waals surface area contributed by atoms with Gasteiger partial charge < -0.3 is 35.2 Å². The maximum Gasteiger partial charge on any atom is 0.341 e. The molecule has 2 unspecified atom stereocenters. The largest absolute Gasteiger partial charge is 0.508 e. The van der Waals surface area contributed by atoms with E-state index < -0.39 is 12.1 Å². The van der Waals surface area contributed by atoms with Gasteiger partial charge in [0.25, 0.3) is 0 Å². The summed E-state index contributed by atoms with van der Waals surface area (Å²) in [5.74, 6) is -0.0573. The summed E-state index contributed by atoms with van der Waals surface area (Å²) >= 11 is 0. The van der Waals surface area contributed by atoms with E-state index >= 15 is 0 Å². The van der Waals surface area contributed by atoms with Gasteiger partial charge >= 0.3 is 5.97 Å². The van der Waals surface area contributed by atoms with Crippen molar-refractivity contribution in [2.24, 2.45) is 0 Å². The van der Waals surface area contributed by atoms with Gasteiger partial charge in [-0.1, -0.05) is 12.1 Å². The van der Waals surface area contributed by atoms with Crippen molar-refractivity contribution >= 4 is 5.97 Å². The fourth-order valence-corrected chi connectivity index (χ4v) is 2.66. The van der Waals surface area contributed by atoms with Gasteiger partial charge in [-0.2, -0.15) is 0 Å². The van der Waals surface area contributed by atoms with Gasteiger partial charge in [-0.05, 0) is 49.2 Å². The van der Waals surface area contributed by atoms with Crippen molar-refractivity contribution in [2.75, 3.05) is 19.8 Å². The highest BCUT2D eigenvalue weighted by atomic mass is 16.5. The molecular formula is C21H27NO7. The number of carboxylic acid groups (broad SMARTS) is 1. The van der Waals surface area contributed by atoms with Crippen LogP contribution in [0, 0.1) is 0 Å². The van der Waals surface area contributed by atoms with Crippen LogP contribution in [0.25, 0.3) is 0 Å².